The zero-order chi connectivity index (χ0) is 25.7. The normalized spacial score (nSPS) is 11.0. The maximum absolute atomic E-state index is 12.6. The van der Waals surface area contributed by atoms with Crippen molar-refractivity contribution in [1.29, 1.82) is 0 Å². The third-order valence-electron chi connectivity index (χ3n) is 5.11. The molecule has 9 heteroatoms. The maximum Gasteiger partial charge on any atom is 0.345 e. The van der Waals surface area contributed by atoms with E-state index < -0.39 is 11.9 Å². The number of benzene rings is 4. The molecule has 2 N–H and O–H groups in total. The van der Waals surface area contributed by atoms with Crippen molar-refractivity contribution in [3.8, 4) is 17.2 Å². The zero-order valence-corrected chi connectivity index (χ0v) is 20.5. The molecule has 0 aliphatic carbocycles. The predicted octanol–water partition coefficient (Wildman–Crippen LogP) is 6.23. The van der Waals surface area contributed by atoms with Crippen LogP contribution in [0.2, 0.25) is 10.0 Å². The first-order valence-corrected chi connectivity index (χ1v) is 11.6. The monoisotopic (exact) mass is 522 g/mol. The molecule has 0 saturated carbocycles. The van der Waals surface area contributed by atoms with Gasteiger partial charge in [-0.25, -0.2) is 10.2 Å². The predicted molar refractivity (Wildman–Crippen MR) is 140 cm³/mol. The molecule has 36 heavy (non-hydrogen) atoms. The fraction of sp³-hybridized carbons (Fsp3) is 0.0741. The largest absolute Gasteiger partial charge is 0.507 e. The average molecular weight is 523 g/mol. The first kappa shape index (κ1) is 25.0. The van der Waals surface area contributed by atoms with Crippen molar-refractivity contribution in [2.24, 2.45) is 5.10 Å². The quantitative estimate of drug-likeness (QED) is 0.130. The molecule has 0 heterocycles. The van der Waals surface area contributed by atoms with Gasteiger partial charge in [-0.1, -0.05) is 47.5 Å². The van der Waals surface area contributed by atoms with Gasteiger partial charge in [0.1, 0.15) is 5.75 Å². The summed E-state index contributed by atoms with van der Waals surface area (Å²) >= 11 is 12.0. The molecule has 0 aliphatic rings. The lowest BCUT2D eigenvalue weighted by Crippen LogP contribution is -2.17. The summed E-state index contributed by atoms with van der Waals surface area (Å²) in [6.07, 6.45) is 1.40. The number of hydrazone groups is 1. The van der Waals surface area contributed by atoms with Gasteiger partial charge in [-0.2, -0.15) is 5.10 Å². The van der Waals surface area contributed by atoms with E-state index >= 15 is 0 Å². The van der Waals surface area contributed by atoms with Gasteiger partial charge >= 0.3 is 5.97 Å². The van der Waals surface area contributed by atoms with Crippen LogP contribution >= 0.6 is 23.2 Å². The number of amides is 1. The highest BCUT2D eigenvalue weighted by molar-refractivity contribution is 6.36. The van der Waals surface area contributed by atoms with E-state index in [1.54, 1.807) is 37.3 Å². The molecule has 4 rings (SSSR count). The number of esters is 1. The van der Waals surface area contributed by atoms with Crippen LogP contribution in [0, 0.1) is 0 Å². The van der Waals surface area contributed by atoms with E-state index in [-0.39, 0.29) is 27.6 Å². The van der Waals surface area contributed by atoms with Crippen LogP contribution in [0.4, 0.5) is 0 Å². The summed E-state index contributed by atoms with van der Waals surface area (Å²) in [7, 11) is 0. The van der Waals surface area contributed by atoms with Crippen LogP contribution in [-0.2, 0) is 0 Å². The van der Waals surface area contributed by atoms with Crippen LogP contribution in [0.5, 0.6) is 17.2 Å². The molecule has 1 amide bonds. The van der Waals surface area contributed by atoms with Crippen LogP contribution in [0.15, 0.2) is 77.9 Å². The number of carbonyl (C=O) groups is 2. The Balaban J connectivity index is 1.48. The number of halogens is 2. The van der Waals surface area contributed by atoms with Crippen LogP contribution < -0.4 is 14.9 Å². The second-order valence-corrected chi connectivity index (χ2v) is 8.41. The van der Waals surface area contributed by atoms with Gasteiger partial charge in [0.2, 0.25) is 0 Å². The number of phenols is 1. The lowest BCUT2D eigenvalue weighted by atomic mass is 10.1. The number of aromatic hydroxyl groups is 1. The van der Waals surface area contributed by atoms with Gasteiger partial charge in [0, 0.05) is 5.02 Å². The van der Waals surface area contributed by atoms with Gasteiger partial charge in [0.25, 0.3) is 5.91 Å². The third kappa shape index (κ3) is 5.76. The number of hydrogen-bond donors (Lipinski definition) is 2. The maximum atomic E-state index is 12.6. The average Bonchev–Trinajstić information content (AvgIpc) is 2.85. The first-order valence-electron chi connectivity index (χ1n) is 10.8. The molecule has 0 bridgehead atoms. The molecule has 182 valence electrons. The Morgan fingerprint density at radius 2 is 1.69 bits per heavy atom. The van der Waals surface area contributed by atoms with Crippen molar-refractivity contribution >= 4 is 52.1 Å². The molecule has 0 aliphatic heterocycles. The van der Waals surface area contributed by atoms with Crippen molar-refractivity contribution in [3.05, 3.63) is 99.5 Å². The molecule has 0 atom stereocenters. The van der Waals surface area contributed by atoms with Crippen molar-refractivity contribution in [2.75, 3.05) is 6.61 Å². The van der Waals surface area contributed by atoms with E-state index in [1.165, 1.54) is 24.4 Å². The van der Waals surface area contributed by atoms with E-state index in [1.807, 2.05) is 24.3 Å². The van der Waals surface area contributed by atoms with Crippen LogP contribution in [0.1, 0.15) is 33.2 Å². The summed E-state index contributed by atoms with van der Waals surface area (Å²) in [5.41, 5.74) is 3.24. The van der Waals surface area contributed by atoms with E-state index in [0.717, 1.165) is 10.8 Å². The lowest BCUT2D eigenvalue weighted by Gasteiger charge is -2.12. The summed E-state index contributed by atoms with van der Waals surface area (Å²) in [6, 6.07) is 19.8. The van der Waals surface area contributed by atoms with Crippen LogP contribution in [0.25, 0.3) is 10.8 Å². The highest BCUT2D eigenvalue weighted by Gasteiger charge is 2.17. The smallest absolute Gasteiger partial charge is 0.345 e. The van der Waals surface area contributed by atoms with Crippen molar-refractivity contribution in [2.45, 2.75) is 6.92 Å². The van der Waals surface area contributed by atoms with Gasteiger partial charge in [0.05, 0.1) is 29.0 Å². The van der Waals surface area contributed by atoms with Crippen LogP contribution in [-0.4, -0.2) is 29.8 Å². The molecular formula is C27H20Cl2N2O5. The first-order chi connectivity index (χ1) is 17.4. The number of phenolic OH excluding ortho intramolecular Hbond substituents is 1. The minimum Gasteiger partial charge on any atom is -0.507 e. The molecule has 0 saturated heterocycles. The molecule has 0 radical (unpaired) electrons. The minimum atomic E-state index is -0.665. The topological polar surface area (TPSA) is 97.2 Å². The van der Waals surface area contributed by atoms with E-state index in [4.69, 9.17) is 32.7 Å². The molecule has 0 fully saturated rings. The van der Waals surface area contributed by atoms with E-state index in [0.29, 0.717) is 22.9 Å². The van der Waals surface area contributed by atoms with Crippen molar-refractivity contribution < 1.29 is 24.2 Å². The molecule has 0 unspecified atom stereocenters. The molecule has 4 aromatic carbocycles. The Bertz CT molecular complexity index is 1490. The number of nitrogens with zero attached hydrogens (tertiary/aromatic N) is 1. The zero-order valence-electron chi connectivity index (χ0n) is 19.0. The molecule has 7 nitrogen and oxygen atoms in total. The third-order valence-corrected chi connectivity index (χ3v) is 5.66. The number of carbonyl (C=O) groups excluding carboxylic acids is 2. The Morgan fingerprint density at radius 3 is 2.42 bits per heavy atom. The van der Waals surface area contributed by atoms with Gasteiger partial charge < -0.3 is 14.6 Å². The standard InChI is InChI=1S/C27H20Cl2N2O5/c1-2-35-25-11-16(7-10-24(25)36-27(34)20-9-8-19(28)14-22(20)29)15-30-31-26(33)21-12-17-5-3-4-6-18(17)13-23(21)32/h3-15,32H,2H2,1H3,(H,31,33). The van der Waals surface area contributed by atoms with Crippen LogP contribution in [0.3, 0.4) is 0 Å². The summed E-state index contributed by atoms with van der Waals surface area (Å²) in [5, 5.41) is 16.4. The molecule has 0 spiro atoms. The number of rotatable bonds is 7. The van der Waals surface area contributed by atoms with Gasteiger partial charge in [-0.05, 0) is 71.8 Å². The van der Waals surface area contributed by atoms with Crippen molar-refractivity contribution in [3.63, 3.8) is 0 Å². The fourth-order valence-corrected chi connectivity index (χ4v) is 3.89. The SMILES string of the molecule is CCOc1cc(C=NNC(=O)c2cc3ccccc3cc2O)ccc1OC(=O)c1ccc(Cl)cc1Cl. The fourth-order valence-electron chi connectivity index (χ4n) is 3.40. The highest BCUT2D eigenvalue weighted by atomic mass is 35.5. The number of nitrogens with one attached hydrogen (secondary N) is 1. The van der Waals surface area contributed by atoms with Gasteiger partial charge in [-0.3, -0.25) is 4.79 Å². The Morgan fingerprint density at radius 1 is 0.944 bits per heavy atom. The number of fused-ring (bicyclic) bond motifs is 1. The summed E-state index contributed by atoms with van der Waals surface area (Å²) in [5.74, 6) is -0.882. The van der Waals surface area contributed by atoms with Gasteiger partial charge in [-0.15, -0.1) is 0 Å². The Hall–Kier alpha value is -4.07. The molecule has 4 aromatic rings. The van der Waals surface area contributed by atoms with E-state index in [9.17, 15) is 14.7 Å². The number of hydrogen-bond acceptors (Lipinski definition) is 6. The Kier molecular flexibility index (Phi) is 7.73. The molecule has 0 aromatic heterocycles. The second kappa shape index (κ2) is 11.1. The molecular weight excluding hydrogens is 503 g/mol. The number of ether oxygens (including phenoxy) is 2. The van der Waals surface area contributed by atoms with Gasteiger partial charge in [0.15, 0.2) is 11.5 Å². The lowest BCUT2D eigenvalue weighted by molar-refractivity contribution is 0.0728. The highest BCUT2D eigenvalue weighted by Crippen LogP contribution is 2.30. The second-order valence-electron chi connectivity index (χ2n) is 7.57. The minimum absolute atomic E-state index is 0.101. The summed E-state index contributed by atoms with van der Waals surface area (Å²) in [6.45, 7) is 2.11. The summed E-state index contributed by atoms with van der Waals surface area (Å²) in [4.78, 5) is 25.1. The Labute approximate surface area is 216 Å². The van der Waals surface area contributed by atoms with E-state index in [2.05, 4.69) is 10.5 Å². The summed E-state index contributed by atoms with van der Waals surface area (Å²) < 4.78 is 11.1. The van der Waals surface area contributed by atoms with Crippen molar-refractivity contribution in [1.82, 2.24) is 5.43 Å².